The van der Waals surface area contributed by atoms with E-state index in [0.29, 0.717) is 31.0 Å². The van der Waals surface area contributed by atoms with Crippen molar-refractivity contribution in [2.75, 3.05) is 26.2 Å². The summed E-state index contributed by atoms with van der Waals surface area (Å²) in [7, 11) is -3.69. The van der Waals surface area contributed by atoms with Crippen LogP contribution in [-0.2, 0) is 21.4 Å². The van der Waals surface area contributed by atoms with E-state index in [9.17, 15) is 13.2 Å². The Morgan fingerprint density at radius 2 is 1.76 bits per heavy atom. The van der Waals surface area contributed by atoms with Gasteiger partial charge in [-0.15, -0.1) is 0 Å². The van der Waals surface area contributed by atoms with Gasteiger partial charge in [0.2, 0.25) is 10.0 Å². The van der Waals surface area contributed by atoms with Crippen molar-refractivity contribution in [2.45, 2.75) is 45.3 Å². The molecule has 1 saturated heterocycles. The second-order valence-electron chi connectivity index (χ2n) is 7.41. The summed E-state index contributed by atoms with van der Waals surface area (Å²) in [6, 6.07) is 7.34. The molecule has 1 aliphatic heterocycles. The third-order valence-electron chi connectivity index (χ3n) is 4.88. The number of aryl methyl sites for hydroxylation is 2. The molecule has 8 nitrogen and oxygen atoms in total. The molecule has 0 spiro atoms. The first-order valence-corrected chi connectivity index (χ1v) is 11.1. The van der Waals surface area contributed by atoms with E-state index in [0.717, 1.165) is 5.56 Å². The molecular weight excluding hydrogens is 394 g/mol. The fourth-order valence-electron chi connectivity index (χ4n) is 3.29. The Kier molecular flexibility index (Phi) is 6.40. The molecule has 1 aromatic carbocycles. The summed E-state index contributed by atoms with van der Waals surface area (Å²) in [6.07, 6.45) is 0.147. The SMILES string of the molecule is Cc1noc(C)c1S(=O)(=O)N1CCN(C(=O)c2ccc(COC(C)C)cc2)CC1. The highest BCUT2D eigenvalue weighted by molar-refractivity contribution is 7.89. The highest BCUT2D eigenvalue weighted by atomic mass is 32.2. The topological polar surface area (TPSA) is 93.0 Å². The van der Waals surface area contributed by atoms with E-state index in [-0.39, 0.29) is 35.8 Å². The molecule has 1 amide bonds. The van der Waals surface area contributed by atoms with Gasteiger partial charge in [0.25, 0.3) is 5.91 Å². The van der Waals surface area contributed by atoms with Gasteiger partial charge in [0.15, 0.2) is 5.76 Å². The maximum Gasteiger partial charge on any atom is 0.253 e. The summed E-state index contributed by atoms with van der Waals surface area (Å²) in [5, 5.41) is 3.74. The number of hydrogen-bond acceptors (Lipinski definition) is 6. The zero-order chi connectivity index (χ0) is 21.2. The zero-order valence-corrected chi connectivity index (χ0v) is 18.0. The second-order valence-corrected chi connectivity index (χ2v) is 9.28. The van der Waals surface area contributed by atoms with Gasteiger partial charge < -0.3 is 14.2 Å². The van der Waals surface area contributed by atoms with E-state index < -0.39 is 10.0 Å². The van der Waals surface area contributed by atoms with Crippen LogP contribution in [0.2, 0.25) is 0 Å². The standard InChI is InChI=1S/C20H27N3O5S/c1-14(2)27-13-17-5-7-18(8-6-17)20(24)22-9-11-23(12-10-22)29(25,26)19-15(3)21-28-16(19)4/h5-8,14H,9-13H2,1-4H3. The van der Waals surface area contributed by atoms with Crippen molar-refractivity contribution in [2.24, 2.45) is 0 Å². The Bertz CT molecular complexity index is 939. The third kappa shape index (κ3) is 4.68. The smallest absolute Gasteiger partial charge is 0.253 e. The summed E-state index contributed by atoms with van der Waals surface area (Å²) in [6.45, 7) is 8.79. The number of ether oxygens (including phenoxy) is 1. The first kappa shape index (κ1) is 21.5. The van der Waals surface area contributed by atoms with Gasteiger partial charge >= 0.3 is 0 Å². The van der Waals surface area contributed by atoms with Crippen LogP contribution < -0.4 is 0 Å². The molecule has 0 bridgehead atoms. The fraction of sp³-hybridized carbons (Fsp3) is 0.500. The summed E-state index contributed by atoms with van der Waals surface area (Å²) >= 11 is 0. The van der Waals surface area contributed by atoms with Gasteiger partial charge in [0.1, 0.15) is 10.6 Å². The second kappa shape index (κ2) is 8.64. The number of nitrogens with zero attached hydrogens (tertiary/aromatic N) is 3. The van der Waals surface area contributed by atoms with Gasteiger partial charge in [-0.05, 0) is 45.4 Å². The van der Waals surface area contributed by atoms with Crippen molar-refractivity contribution < 1.29 is 22.5 Å². The van der Waals surface area contributed by atoms with E-state index in [2.05, 4.69) is 5.16 Å². The molecular formula is C20H27N3O5S. The normalized spacial score (nSPS) is 15.8. The van der Waals surface area contributed by atoms with Crippen molar-refractivity contribution in [3.05, 3.63) is 46.8 Å². The van der Waals surface area contributed by atoms with Gasteiger partial charge in [-0.2, -0.15) is 4.31 Å². The summed E-state index contributed by atoms with van der Waals surface area (Å²) in [5.41, 5.74) is 1.94. The zero-order valence-electron chi connectivity index (χ0n) is 17.2. The lowest BCUT2D eigenvalue weighted by molar-refractivity contribution is 0.0654. The number of rotatable bonds is 6. The molecule has 2 aromatic rings. The Labute approximate surface area is 171 Å². The van der Waals surface area contributed by atoms with Crippen LogP contribution in [0.25, 0.3) is 0 Å². The largest absolute Gasteiger partial charge is 0.374 e. The molecule has 29 heavy (non-hydrogen) atoms. The maximum absolute atomic E-state index is 12.9. The Morgan fingerprint density at radius 3 is 2.28 bits per heavy atom. The number of aromatic nitrogens is 1. The monoisotopic (exact) mass is 421 g/mol. The molecule has 2 heterocycles. The summed E-state index contributed by atoms with van der Waals surface area (Å²) in [5.74, 6) is 0.179. The van der Waals surface area contributed by atoms with Crippen molar-refractivity contribution in [1.29, 1.82) is 0 Å². The van der Waals surface area contributed by atoms with E-state index in [1.54, 1.807) is 30.9 Å². The quantitative estimate of drug-likeness (QED) is 0.711. The summed E-state index contributed by atoms with van der Waals surface area (Å²) in [4.78, 5) is 14.6. The number of hydrogen-bond donors (Lipinski definition) is 0. The number of carbonyl (C=O) groups is 1. The van der Waals surface area contributed by atoms with Crippen LogP contribution in [-0.4, -0.2) is 61.0 Å². The lowest BCUT2D eigenvalue weighted by Crippen LogP contribution is -2.50. The Morgan fingerprint density at radius 1 is 1.14 bits per heavy atom. The lowest BCUT2D eigenvalue weighted by atomic mass is 10.1. The molecule has 1 aliphatic rings. The fourth-order valence-corrected chi connectivity index (χ4v) is 5.01. The first-order chi connectivity index (χ1) is 13.7. The van der Waals surface area contributed by atoms with E-state index >= 15 is 0 Å². The van der Waals surface area contributed by atoms with Crippen LogP contribution in [0, 0.1) is 13.8 Å². The van der Waals surface area contributed by atoms with Crippen LogP contribution in [0.15, 0.2) is 33.7 Å². The van der Waals surface area contributed by atoms with E-state index in [4.69, 9.17) is 9.26 Å². The molecule has 1 fully saturated rings. The predicted molar refractivity (Wildman–Crippen MR) is 107 cm³/mol. The highest BCUT2D eigenvalue weighted by Crippen LogP contribution is 2.24. The van der Waals surface area contributed by atoms with Crippen LogP contribution >= 0.6 is 0 Å². The van der Waals surface area contributed by atoms with Gasteiger partial charge in [-0.3, -0.25) is 4.79 Å². The van der Waals surface area contributed by atoms with Gasteiger partial charge in [0, 0.05) is 31.7 Å². The molecule has 158 valence electrons. The first-order valence-electron chi connectivity index (χ1n) is 9.63. The number of amides is 1. The lowest BCUT2D eigenvalue weighted by Gasteiger charge is -2.34. The molecule has 0 N–H and O–H groups in total. The van der Waals surface area contributed by atoms with Crippen LogP contribution in [0.1, 0.15) is 41.2 Å². The number of piperazine rings is 1. The molecule has 0 radical (unpaired) electrons. The van der Waals surface area contributed by atoms with Gasteiger partial charge in [-0.1, -0.05) is 17.3 Å². The molecule has 0 atom stereocenters. The third-order valence-corrected chi connectivity index (χ3v) is 7.02. The van der Waals surface area contributed by atoms with Crippen molar-refractivity contribution >= 4 is 15.9 Å². The van der Waals surface area contributed by atoms with Crippen molar-refractivity contribution in [3.63, 3.8) is 0 Å². The molecule has 3 rings (SSSR count). The molecule has 0 aliphatic carbocycles. The summed E-state index contributed by atoms with van der Waals surface area (Å²) < 4.78 is 37.7. The van der Waals surface area contributed by atoms with Gasteiger partial charge in [-0.25, -0.2) is 8.42 Å². The average molecular weight is 422 g/mol. The number of benzene rings is 1. The maximum atomic E-state index is 12.9. The molecule has 1 aromatic heterocycles. The Hall–Kier alpha value is -2.23. The van der Waals surface area contributed by atoms with Crippen molar-refractivity contribution in [3.8, 4) is 0 Å². The minimum Gasteiger partial charge on any atom is -0.374 e. The molecule has 9 heteroatoms. The number of carbonyl (C=O) groups excluding carboxylic acids is 1. The van der Waals surface area contributed by atoms with E-state index in [1.807, 2.05) is 26.0 Å². The van der Waals surface area contributed by atoms with Crippen LogP contribution in [0.3, 0.4) is 0 Å². The van der Waals surface area contributed by atoms with E-state index in [1.165, 1.54) is 4.31 Å². The minimum atomic E-state index is -3.69. The predicted octanol–water partition coefficient (Wildman–Crippen LogP) is 2.36. The highest BCUT2D eigenvalue weighted by Gasteiger charge is 2.34. The Balaban J connectivity index is 1.62. The number of sulfonamides is 1. The van der Waals surface area contributed by atoms with Gasteiger partial charge in [0.05, 0.1) is 12.7 Å². The van der Waals surface area contributed by atoms with Crippen LogP contribution in [0.4, 0.5) is 0 Å². The molecule has 0 saturated carbocycles. The molecule has 0 unspecified atom stereocenters. The average Bonchev–Trinajstić information content (AvgIpc) is 3.05. The minimum absolute atomic E-state index is 0.101. The van der Waals surface area contributed by atoms with Crippen LogP contribution in [0.5, 0.6) is 0 Å². The van der Waals surface area contributed by atoms with Crippen molar-refractivity contribution in [1.82, 2.24) is 14.4 Å².